The Morgan fingerprint density at radius 1 is 1.29 bits per heavy atom. The van der Waals surface area contributed by atoms with Gasteiger partial charge in [-0.05, 0) is 37.1 Å². The fraction of sp³-hybridized carbons (Fsp3) is 0.333. The highest BCUT2D eigenvalue weighted by molar-refractivity contribution is 8.26. The summed E-state index contributed by atoms with van der Waals surface area (Å²) >= 11 is 12.1. The fourth-order valence-electron chi connectivity index (χ4n) is 2.42. The van der Waals surface area contributed by atoms with E-state index >= 15 is 0 Å². The lowest BCUT2D eigenvalue weighted by Crippen LogP contribution is -2.39. The van der Waals surface area contributed by atoms with Crippen LogP contribution in [0.15, 0.2) is 23.1 Å². The van der Waals surface area contributed by atoms with E-state index in [1.807, 2.05) is 0 Å². The summed E-state index contributed by atoms with van der Waals surface area (Å²) in [5.41, 5.74) is 0.388. The number of hydrogen-bond acceptors (Lipinski definition) is 6. The molecule has 2 rings (SSSR count). The van der Waals surface area contributed by atoms with E-state index in [2.05, 4.69) is 5.32 Å². The number of benzene rings is 1. The number of carbonyl (C=O) groups is 3. The number of carbonyl (C=O) groups excluding carboxylic acids is 2. The number of halogens is 1. The maximum absolute atomic E-state index is 12.5. The summed E-state index contributed by atoms with van der Waals surface area (Å²) in [7, 11) is 0. The van der Waals surface area contributed by atoms with Gasteiger partial charge in [-0.3, -0.25) is 19.3 Å². The molecule has 1 aromatic rings. The number of thiocarbonyl (C=S) groups is 1. The summed E-state index contributed by atoms with van der Waals surface area (Å²) in [6, 6.07) is 4.49. The van der Waals surface area contributed by atoms with E-state index in [9.17, 15) is 19.5 Å². The third-order valence-corrected chi connectivity index (χ3v) is 5.45. The first kappa shape index (κ1) is 22.2. The lowest BCUT2D eigenvalue weighted by molar-refractivity contribution is -0.137. The number of hydrogen-bond donors (Lipinski definition) is 3. The standard InChI is InChI=1S/C18H19ClN2O5S2/c19-12-5-6-13(22)11(8-12)9-14-17(26)21(18(27)28-14)10-15(23)20-7-3-1-2-4-16(24)25/h5-6,8-9,22H,1-4,7,10H2,(H,20,23)(H,24,25)/b14-9-. The molecule has 150 valence electrons. The molecule has 3 N–H and O–H groups in total. The zero-order chi connectivity index (χ0) is 20.7. The normalized spacial score (nSPS) is 15.3. The smallest absolute Gasteiger partial charge is 0.303 e. The van der Waals surface area contributed by atoms with Crippen molar-refractivity contribution >= 4 is 63.8 Å². The quantitative estimate of drug-likeness (QED) is 0.306. The Morgan fingerprint density at radius 2 is 2.04 bits per heavy atom. The Kier molecular flexibility index (Phi) is 8.28. The molecule has 0 unspecified atom stereocenters. The van der Waals surface area contributed by atoms with Gasteiger partial charge in [-0.25, -0.2) is 0 Å². The van der Waals surface area contributed by atoms with Gasteiger partial charge in [-0.1, -0.05) is 42.0 Å². The number of thioether (sulfide) groups is 1. The van der Waals surface area contributed by atoms with Crippen molar-refractivity contribution in [2.24, 2.45) is 0 Å². The lowest BCUT2D eigenvalue weighted by atomic mass is 10.2. The molecule has 1 fully saturated rings. The van der Waals surface area contributed by atoms with Crippen molar-refractivity contribution in [3.05, 3.63) is 33.7 Å². The molecule has 0 bridgehead atoms. The number of unbranched alkanes of at least 4 members (excludes halogenated alkanes) is 2. The summed E-state index contributed by atoms with van der Waals surface area (Å²) in [6.07, 6.45) is 3.51. The monoisotopic (exact) mass is 442 g/mol. The SMILES string of the molecule is O=C(O)CCCCCNC(=O)CN1C(=O)/C(=C/c2cc(Cl)ccc2O)SC1=S. The summed E-state index contributed by atoms with van der Waals surface area (Å²) in [4.78, 5) is 36.5. The van der Waals surface area contributed by atoms with Crippen molar-refractivity contribution in [2.75, 3.05) is 13.1 Å². The van der Waals surface area contributed by atoms with Gasteiger partial charge >= 0.3 is 5.97 Å². The van der Waals surface area contributed by atoms with Crippen LogP contribution < -0.4 is 5.32 Å². The highest BCUT2D eigenvalue weighted by Gasteiger charge is 2.33. The first-order chi connectivity index (χ1) is 13.3. The van der Waals surface area contributed by atoms with Crippen LogP contribution in [-0.4, -0.2) is 50.3 Å². The molecule has 2 amide bonds. The Labute approximate surface area is 176 Å². The molecule has 0 aliphatic carbocycles. The van der Waals surface area contributed by atoms with Gasteiger partial charge in [0, 0.05) is 23.6 Å². The molecule has 0 atom stereocenters. The molecule has 1 heterocycles. The molecule has 1 saturated heterocycles. The Bertz CT molecular complexity index is 828. The molecule has 0 spiro atoms. The van der Waals surface area contributed by atoms with Gasteiger partial charge in [0.2, 0.25) is 5.91 Å². The highest BCUT2D eigenvalue weighted by atomic mass is 35.5. The number of aromatic hydroxyl groups is 1. The maximum atomic E-state index is 12.5. The number of aliphatic carboxylic acids is 1. The molecule has 7 nitrogen and oxygen atoms in total. The van der Waals surface area contributed by atoms with Crippen LogP contribution in [0.2, 0.25) is 5.02 Å². The number of nitrogens with one attached hydrogen (secondary N) is 1. The van der Waals surface area contributed by atoms with Crippen molar-refractivity contribution in [1.82, 2.24) is 10.2 Å². The number of amides is 2. The van der Waals surface area contributed by atoms with Gasteiger partial charge in [-0.15, -0.1) is 0 Å². The first-order valence-corrected chi connectivity index (χ1v) is 10.1. The zero-order valence-corrected chi connectivity index (χ0v) is 17.2. The lowest BCUT2D eigenvalue weighted by Gasteiger charge is -2.14. The largest absolute Gasteiger partial charge is 0.507 e. The number of phenols is 1. The molecule has 1 aliphatic rings. The molecule has 0 aromatic heterocycles. The number of carboxylic acids is 1. The van der Waals surface area contributed by atoms with Crippen molar-refractivity contribution in [3.8, 4) is 5.75 Å². The Morgan fingerprint density at radius 3 is 2.75 bits per heavy atom. The third-order valence-electron chi connectivity index (χ3n) is 3.84. The van der Waals surface area contributed by atoms with Crippen LogP contribution in [0.1, 0.15) is 31.2 Å². The van der Waals surface area contributed by atoms with E-state index in [1.165, 1.54) is 29.2 Å². The van der Waals surface area contributed by atoms with Crippen molar-refractivity contribution in [3.63, 3.8) is 0 Å². The van der Waals surface area contributed by atoms with Crippen LogP contribution in [0.3, 0.4) is 0 Å². The molecule has 0 radical (unpaired) electrons. The molecule has 10 heteroatoms. The minimum atomic E-state index is -0.836. The van der Waals surface area contributed by atoms with Crippen LogP contribution in [0, 0.1) is 0 Å². The van der Waals surface area contributed by atoms with E-state index < -0.39 is 11.9 Å². The summed E-state index contributed by atoms with van der Waals surface area (Å²) < 4.78 is 0.259. The Balaban J connectivity index is 1.87. The average Bonchev–Trinajstić information content (AvgIpc) is 2.88. The third kappa shape index (κ3) is 6.50. The fourth-order valence-corrected chi connectivity index (χ4v) is 3.85. The first-order valence-electron chi connectivity index (χ1n) is 8.50. The van der Waals surface area contributed by atoms with E-state index in [0.717, 1.165) is 11.8 Å². The summed E-state index contributed by atoms with van der Waals surface area (Å²) in [5.74, 6) is -1.61. The van der Waals surface area contributed by atoms with Gasteiger partial charge in [-0.2, -0.15) is 0 Å². The minimum absolute atomic E-state index is 0.0182. The van der Waals surface area contributed by atoms with Crippen LogP contribution in [0.25, 0.3) is 6.08 Å². The van der Waals surface area contributed by atoms with Gasteiger partial charge in [0.25, 0.3) is 5.91 Å². The van der Waals surface area contributed by atoms with Crippen LogP contribution in [0.5, 0.6) is 5.75 Å². The van der Waals surface area contributed by atoms with Crippen molar-refractivity contribution < 1.29 is 24.6 Å². The van der Waals surface area contributed by atoms with Crippen LogP contribution >= 0.6 is 35.6 Å². The van der Waals surface area contributed by atoms with Crippen LogP contribution in [0.4, 0.5) is 0 Å². The van der Waals surface area contributed by atoms with Crippen molar-refractivity contribution in [2.45, 2.75) is 25.7 Å². The van der Waals surface area contributed by atoms with E-state index in [1.54, 1.807) is 0 Å². The second kappa shape index (κ2) is 10.4. The van der Waals surface area contributed by atoms with Gasteiger partial charge in [0.05, 0.1) is 4.91 Å². The number of nitrogens with zero attached hydrogens (tertiary/aromatic N) is 1. The molecular formula is C18H19ClN2O5S2. The highest BCUT2D eigenvalue weighted by Crippen LogP contribution is 2.34. The summed E-state index contributed by atoms with van der Waals surface area (Å²) in [5, 5.41) is 21.6. The average molecular weight is 443 g/mol. The van der Waals surface area contributed by atoms with Crippen molar-refractivity contribution in [1.29, 1.82) is 0 Å². The Hall–Kier alpha value is -2.10. The van der Waals surface area contributed by atoms with Gasteiger partial charge in [0.1, 0.15) is 16.6 Å². The minimum Gasteiger partial charge on any atom is -0.507 e. The number of rotatable bonds is 9. The predicted octanol–water partition coefficient (Wildman–Crippen LogP) is 3.01. The second-order valence-corrected chi connectivity index (χ2v) is 8.14. The van der Waals surface area contributed by atoms with E-state index in [-0.39, 0.29) is 28.9 Å². The maximum Gasteiger partial charge on any atom is 0.303 e. The van der Waals surface area contributed by atoms with E-state index in [0.29, 0.717) is 41.3 Å². The molecule has 1 aliphatic heterocycles. The predicted molar refractivity (Wildman–Crippen MR) is 112 cm³/mol. The second-order valence-electron chi connectivity index (χ2n) is 6.03. The van der Waals surface area contributed by atoms with Crippen LogP contribution in [-0.2, 0) is 14.4 Å². The summed E-state index contributed by atoms with van der Waals surface area (Å²) in [6.45, 7) is 0.206. The molecule has 28 heavy (non-hydrogen) atoms. The zero-order valence-electron chi connectivity index (χ0n) is 14.8. The molecular weight excluding hydrogens is 424 g/mol. The van der Waals surface area contributed by atoms with Gasteiger partial charge in [0.15, 0.2) is 0 Å². The number of phenolic OH excluding ortho intramolecular Hbond substituents is 1. The number of carboxylic acid groups (broad SMARTS) is 1. The van der Waals surface area contributed by atoms with Gasteiger partial charge < -0.3 is 15.5 Å². The topological polar surface area (TPSA) is 107 Å². The molecule has 1 aromatic carbocycles. The van der Waals surface area contributed by atoms with E-state index in [4.69, 9.17) is 28.9 Å². The molecule has 0 saturated carbocycles.